The van der Waals surface area contributed by atoms with Gasteiger partial charge in [-0.1, -0.05) is 50.3 Å². The number of carbonyl (C=O) groups excluding carboxylic acids is 1. The minimum atomic E-state index is -0.662. The van der Waals surface area contributed by atoms with Crippen LogP contribution in [0.4, 0.5) is 4.39 Å². The number of aromatic nitrogens is 3. The SMILES string of the molecule is [C-]#[N+]C1=C[C@@]2(C)c3nc(-c4ccnc5c(C)cccc45)nc(-c4c(C)cccc4F)c3CC[C@@H]2[C@@H](C)C1=O. The van der Waals surface area contributed by atoms with Gasteiger partial charge in [0.1, 0.15) is 5.82 Å². The lowest BCUT2D eigenvalue weighted by Crippen LogP contribution is -2.46. The molecule has 0 fully saturated rings. The molecule has 188 valence electrons. The number of nitrogens with zero attached hydrogens (tertiary/aromatic N) is 4. The summed E-state index contributed by atoms with van der Waals surface area (Å²) < 4.78 is 15.4. The first kappa shape index (κ1) is 24.1. The highest BCUT2D eigenvalue weighted by Gasteiger charge is 2.49. The molecule has 4 aromatic rings. The minimum Gasteiger partial charge on any atom is -0.308 e. The van der Waals surface area contributed by atoms with E-state index in [-0.39, 0.29) is 29.1 Å². The standard InChI is InChI=1S/C32H27FN4O/c1-17-8-7-11-24(33)26(17)28-22-12-13-23-19(3)29(38)25(34-5)16-32(23,4)30(22)37-31(36-28)21-14-15-35-27-18(2)9-6-10-20(21)27/h6-11,14-16,19,23H,12-13H2,1-4H3/t19-,23-,32-/m1/s1. The van der Waals surface area contributed by atoms with E-state index in [2.05, 4.69) is 16.8 Å². The molecule has 2 aliphatic carbocycles. The number of Topliss-reactive ketones (excluding diaryl/α,β-unsaturated/α-hetero) is 1. The Morgan fingerprint density at radius 2 is 1.84 bits per heavy atom. The van der Waals surface area contributed by atoms with Gasteiger partial charge in [-0.25, -0.2) is 19.2 Å². The molecule has 3 atom stereocenters. The number of carbonyl (C=O) groups is 1. The Bertz CT molecular complexity index is 1710. The first-order valence-corrected chi connectivity index (χ1v) is 12.9. The van der Waals surface area contributed by atoms with Crippen LogP contribution in [0.5, 0.6) is 0 Å². The smallest absolute Gasteiger partial charge is 0.226 e. The number of fused-ring (bicyclic) bond motifs is 4. The molecule has 0 spiro atoms. The second-order valence-corrected chi connectivity index (χ2v) is 10.7. The summed E-state index contributed by atoms with van der Waals surface area (Å²) in [6.45, 7) is 15.5. The molecule has 0 unspecified atom stereocenters. The Morgan fingerprint density at radius 3 is 2.61 bits per heavy atom. The van der Waals surface area contributed by atoms with Gasteiger partial charge in [-0.15, -0.1) is 0 Å². The third-order valence-corrected chi connectivity index (χ3v) is 8.49. The number of rotatable bonds is 2. The summed E-state index contributed by atoms with van der Waals surface area (Å²) in [5.74, 6) is -0.265. The van der Waals surface area contributed by atoms with Crippen LogP contribution in [0.2, 0.25) is 0 Å². The molecule has 2 aromatic carbocycles. The highest BCUT2D eigenvalue weighted by atomic mass is 19.1. The molecule has 38 heavy (non-hydrogen) atoms. The Morgan fingerprint density at radius 1 is 1.08 bits per heavy atom. The second kappa shape index (κ2) is 8.66. The topological polar surface area (TPSA) is 60.1 Å². The van der Waals surface area contributed by atoms with E-state index < -0.39 is 5.41 Å². The molecule has 6 heteroatoms. The van der Waals surface area contributed by atoms with Crippen LogP contribution in [0.1, 0.15) is 42.7 Å². The van der Waals surface area contributed by atoms with Gasteiger partial charge in [0.15, 0.2) is 11.6 Å². The third kappa shape index (κ3) is 3.42. The Kier molecular flexibility index (Phi) is 5.50. The molecule has 0 saturated heterocycles. The molecular weight excluding hydrogens is 475 g/mol. The lowest BCUT2D eigenvalue weighted by molar-refractivity contribution is -0.121. The highest BCUT2D eigenvalue weighted by molar-refractivity contribution is 6.00. The molecule has 2 aromatic heterocycles. The van der Waals surface area contributed by atoms with Crippen molar-refractivity contribution in [3.05, 3.63) is 100 Å². The number of aryl methyl sites for hydroxylation is 2. The van der Waals surface area contributed by atoms with Gasteiger partial charge in [0, 0.05) is 39.6 Å². The monoisotopic (exact) mass is 502 g/mol. The second-order valence-electron chi connectivity index (χ2n) is 10.7. The van der Waals surface area contributed by atoms with Crippen molar-refractivity contribution >= 4 is 16.7 Å². The van der Waals surface area contributed by atoms with Crippen LogP contribution in [-0.4, -0.2) is 20.7 Å². The summed E-state index contributed by atoms with van der Waals surface area (Å²) >= 11 is 0. The number of pyridine rings is 1. The van der Waals surface area contributed by atoms with Crippen LogP contribution in [-0.2, 0) is 16.6 Å². The number of para-hydroxylation sites is 1. The Balaban J connectivity index is 1.72. The third-order valence-electron chi connectivity index (χ3n) is 8.49. The summed E-state index contributed by atoms with van der Waals surface area (Å²) in [6.07, 6.45) is 4.92. The fraction of sp³-hybridized carbons (Fsp3) is 0.281. The van der Waals surface area contributed by atoms with Gasteiger partial charge in [0.25, 0.3) is 0 Å². The van der Waals surface area contributed by atoms with Crippen LogP contribution < -0.4 is 0 Å². The van der Waals surface area contributed by atoms with Crippen LogP contribution >= 0.6 is 0 Å². The fourth-order valence-corrected chi connectivity index (χ4v) is 6.52. The Hall–Kier alpha value is -4.24. The number of ketones is 1. The molecule has 2 heterocycles. The molecule has 6 rings (SSSR count). The van der Waals surface area contributed by atoms with Crippen molar-refractivity contribution in [1.29, 1.82) is 0 Å². The molecule has 0 saturated carbocycles. The first-order valence-electron chi connectivity index (χ1n) is 12.9. The predicted molar refractivity (Wildman–Crippen MR) is 146 cm³/mol. The maximum Gasteiger partial charge on any atom is 0.226 e. The number of benzene rings is 2. The van der Waals surface area contributed by atoms with Crippen LogP contribution in [0, 0.1) is 38.1 Å². The molecule has 5 nitrogen and oxygen atoms in total. The van der Waals surface area contributed by atoms with Crippen molar-refractivity contribution in [2.75, 3.05) is 0 Å². The highest BCUT2D eigenvalue weighted by Crippen LogP contribution is 2.51. The average Bonchev–Trinajstić information content (AvgIpc) is 2.90. The summed E-state index contributed by atoms with van der Waals surface area (Å²) in [4.78, 5) is 31.3. The summed E-state index contributed by atoms with van der Waals surface area (Å²) in [5.41, 5.74) is 5.73. The van der Waals surface area contributed by atoms with E-state index in [0.29, 0.717) is 23.5 Å². The minimum absolute atomic E-state index is 0.0123. The van der Waals surface area contributed by atoms with E-state index in [1.165, 1.54) is 6.07 Å². The van der Waals surface area contributed by atoms with Gasteiger partial charge in [0.05, 0.1) is 23.5 Å². The van der Waals surface area contributed by atoms with E-state index in [9.17, 15) is 4.79 Å². The summed E-state index contributed by atoms with van der Waals surface area (Å²) in [6, 6.07) is 13.0. The van der Waals surface area contributed by atoms with Gasteiger partial charge in [-0.2, -0.15) is 0 Å². The predicted octanol–water partition coefficient (Wildman–Crippen LogP) is 6.96. The molecular formula is C32H27FN4O. The zero-order chi connectivity index (χ0) is 26.8. The Labute approximate surface area is 221 Å². The van der Waals surface area contributed by atoms with E-state index in [1.54, 1.807) is 18.3 Å². The van der Waals surface area contributed by atoms with Crippen LogP contribution in [0.25, 0.3) is 38.4 Å². The van der Waals surface area contributed by atoms with Gasteiger partial charge < -0.3 is 4.79 Å². The number of halogens is 1. The summed E-state index contributed by atoms with van der Waals surface area (Å²) in [7, 11) is 0. The van der Waals surface area contributed by atoms with Crippen LogP contribution in [0.3, 0.4) is 0 Å². The zero-order valence-corrected chi connectivity index (χ0v) is 21.8. The maximum absolute atomic E-state index is 15.4. The first-order chi connectivity index (χ1) is 18.2. The van der Waals surface area contributed by atoms with Gasteiger partial charge in [0.2, 0.25) is 5.70 Å². The van der Waals surface area contributed by atoms with Crippen molar-refractivity contribution in [3.63, 3.8) is 0 Å². The quantitative estimate of drug-likeness (QED) is 0.278. The van der Waals surface area contributed by atoms with E-state index >= 15 is 4.39 Å². The molecule has 2 aliphatic rings. The summed E-state index contributed by atoms with van der Waals surface area (Å²) in [5, 5.41) is 0.922. The number of allylic oxidation sites excluding steroid dienone is 2. The molecule has 0 bridgehead atoms. The van der Waals surface area contributed by atoms with Crippen molar-refractivity contribution in [3.8, 4) is 22.6 Å². The van der Waals surface area contributed by atoms with Crippen molar-refractivity contribution in [1.82, 2.24) is 15.0 Å². The average molecular weight is 503 g/mol. The van der Waals surface area contributed by atoms with E-state index in [4.69, 9.17) is 16.5 Å². The number of hydrogen-bond acceptors (Lipinski definition) is 4. The van der Waals surface area contributed by atoms with Gasteiger partial charge in [-0.3, -0.25) is 4.98 Å². The fourth-order valence-electron chi connectivity index (χ4n) is 6.52. The molecule has 0 N–H and O–H groups in total. The van der Waals surface area contributed by atoms with Crippen molar-refractivity contribution in [2.24, 2.45) is 11.8 Å². The van der Waals surface area contributed by atoms with Crippen LogP contribution in [0.15, 0.2) is 60.4 Å². The van der Waals surface area contributed by atoms with E-state index in [0.717, 1.165) is 45.3 Å². The lowest BCUT2D eigenvalue weighted by Gasteiger charge is -2.46. The molecule has 0 radical (unpaired) electrons. The van der Waals surface area contributed by atoms with Crippen molar-refractivity contribution < 1.29 is 9.18 Å². The maximum atomic E-state index is 15.4. The van der Waals surface area contributed by atoms with Crippen molar-refractivity contribution in [2.45, 2.75) is 46.0 Å². The van der Waals surface area contributed by atoms with Gasteiger partial charge >= 0.3 is 0 Å². The number of hydrogen-bond donors (Lipinski definition) is 0. The largest absolute Gasteiger partial charge is 0.308 e. The lowest BCUT2D eigenvalue weighted by atomic mass is 9.58. The zero-order valence-electron chi connectivity index (χ0n) is 21.8. The molecule has 0 aliphatic heterocycles. The van der Waals surface area contributed by atoms with E-state index in [1.807, 2.05) is 51.1 Å². The van der Waals surface area contributed by atoms with Gasteiger partial charge in [-0.05, 0) is 55.9 Å². The normalized spacial score (nSPS) is 22.4. The molecule has 0 amide bonds.